The van der Waals surface area contributed by atoms with Crippen LogP contribution >= 0.6 is 0 Å². The van der Waals surface area contributed by atoms with E-state index in [0.29, 0.717) is 6.04 Å². The molecule has 0 atom stereocenters. The summed E-state index contributed by atoms with van der Waals surface area (Å²) in [5.41, 5.74) is 3.62. The number of hydrogen-bond acceptors (Lipinski definition) is 2. The van der Waals surface area contributed by atoms with Gasteiger partial charge in [0.2, 0.25) is 5.95 Å². The summed E-state index contributed by atoms with van der Waals surface area (Å²) < 4.78 is 2.17. The van der Waals surface area contributed by atoms with Crippen LogP contribution in [0.15, 0.2) is 30.5 Å². The fraction of sp³-hybridized carbons (Fsp3) is 0.400. The van der Waals surface area contributed by atoms with Gasteiger partial charge in [0.1, 0.15) is 0 Å². The van der Waals surface area contributed by atoms with Gasteiger partial charge in [-0.2, -0.15) is 0 Å². The van der Waals surface area contributed by atoms with Crippen molar-refractivity contribution in [2.24, 2.45) is 0 Å². The molecule has 0 spiro atoms. The average Bonchev–Trinajstić information content (AvgIpc) is 2.70. The molecule has 0 radical (unpaired) electrons. The molecule has 0 aliphatic carbocycles. The number of nitrogens with one attached hydrogen (secondary N) is 1. The molecule has 1 aromatic carbocycles. The van der Waals surface area contributed by atoms with Gasteiger partial charge < -0.3 is 9.88 Å². The van der Waals surface area contributed by atoms with Gasteiger partial charge in [0.25, 0.3) is 0 Å². The molecule has 0 unspecified atom stereocenters. The van der Waals surface area contributed by atoms with Crippen molar-refractivity contribution in [2.45, 2.75) is 40.3 Å². The zero-order chi connectivity index (χ0) is 13.1. The first-order chi connectivity index (χ1) is 8.56. The third kappa shape index (κ3) is 2.92. The highest BCUT2D eigenvalue weighted by molar-refractivity contribution is 5.32. The first-order valence-corrected chi connectivity index (χ1v) is 6.41. The summed E-state index contributed by atoms with van der Waals surface area (Å²) in [6, 6.07) is 9.00. The van der Waals surface area contributed by atoms with Gasteiger partial charge in [0.15, 0.2) is 0 Å². The second-order valence-electron chi connectivity index (χ2n) is 5.05. The fourth-order valence-corrected chi connectivity index (χ4v) is 1.93. The smallest absolute Gasteiger partial charge is 0.203 e. The summed E-state index contributed by atoms with van der Waals surface area (Å²) in [4.78, 5) is 4.52. The van der Waals surface area contributed by atoms with Crippen molar-refractivity contribution in [2.75, 3.05) is 5.32 Å². The zero-order valence-electron chi connectivity index (χ0n) is 11.6. The number of aryl methyl sites for hydroxylation is 2. The Labute approximate surface area is 109 Å². The molecular weight excluding hydrogens is 222 g/mol. The van der Waals surface area contributed by atoms with Crippen LogP contribution in [0, 0.1) is 13.8 Å². The normalized spacial score (nSPS) is 10.9. The summed E-state index contributed by atoms with van der Waals surface area (Å²) in [6.07, 6.45) is 2.09. The number of benzene rings is 1. The van der Waals surface area contributed by atoms with Crippen molar-refractivity contribution >= 4 is 5.95 Å². The van der Waals surface area contributed by atoms with Gasteiger partial charge in [-0.1, -0.05) is 29.8 Å². The summed E-state index contributed by atoms with van der Waals surface area (Å²) >= 11 is 0. The molecule has 1 aromatic heterocycles. The highest BCUT2D eigenvalue weighted by Gasteiger charge is 2.07. The van der Waals surface area contributed by atoms with E-state index >= 15 is 0 Å². The van der Waals surface area contributed by atoms with E-state index in [1.54, 1.807) is 0 Å². The molecule has 3 nitrogen and oxygen atoms in total. The number of rotatable bonds is 4. The van der Waals surface area contributed by atoms with Gasteiger partial charge in [-0.15, -0.1) is 0 Å². The Hall–Kier alpha value is -1.77. The molecule has 0 saturated carbocycles. The molecule has 0 fully saturated rings. The predicted molar refractivity (Wildman–Crippen MR) is 75.9 cm³/mol. The van der Waals surface area contributed by atoms with Gasteiger partial charge >= 0.3 is 0 Å². The van der Waals surface area contributed by atoms with E-state index in [4.69, 9.17) is 0 Å². The van der Waals surface area contributed by atoms with E-state index < -0.39 is 0 Å². The lowest BCUT2D eigenvalue weighted by atomic mass is 10.1. The van der Waals surface area contributed by atoms with Gasteiger partial charge in [-0.3, -0.25) is 0 Å². The zero-order valence-corrected chi connectivity index (χ0v) is 11.6. The van der Waals surface area contributed by atoms with Gasteiger partial charge in [0.05, 0.1) is 5.69 Å². The van der Waals surface area contributed by atoms with Crippen LogP contribution in [-0.2, 0) is 6.54 Å². The standard InChI is InChI=1S/C15H21N3/c1-11(2)18-10-13(4)17-15(18)16-9-14-7-5-12(3)6-8-14/h5-8,10-11H,9H2,1-4H3,(H,16,17). The minimum absolute atomic E-state index is 0.423. The maximum absolute atomic E-state index is 4.52. The summed E-state index contributed by atoms with van der Waals surface area (Å²) in [6.45, 7) is 9.27. The highest BCUT2D eigenvalue weighted by Crippen LogP contribution is 2.16. The van der Waals surface area contributed by atoms with Gasteiger partial charge in [-0.25, -0.2) is 4.98 Å². The van der Waals surface area contributed by atoms with Gasteiger partial charge in [0, 0.05) is 18.8 Å². The molecule has 0 amide bonds. The van der Waals surface area contributed by atoms with Crippen LogP contribution in [0.5, 0.6) is 0 Å². The lowest BCUT2D eigenvalue weighted by Crippen LogP contribution is -2.08. The number of aromatic nitrogens is 2. The SMILES string of the molecule is Cc1ccc(CNc2nc(C)cn2C(C)C)cc1. The molecule has 0 aliphatic rings. The van der Waals surface area contributed by atoms with Crippen molar-refractivity contribution in [3.63, 3.8) is 0 Å². The third-order valence-corrected chi connectivity index (χ3v) is 2.98. The molecule has 2 rings (SSSR count). The van der Waals surface area contributed by atoms with Crippen LogP contribution in [0.25, 0.3) is 0 Å². The van der Waals surface area contributed by atoms with Crippen LogP contribution in [0.3, 0.4) is 0 Å². The molecule has 96 valence electrons. The average molecular weight is 243 g/mol. The van der Waals surface area contributed by atoms with E-state index in [9.17, 15) is 0 Å². The summed E-state index contributed by atoms with van der Waals surface area (Å²) in [5, 5.41) is 3.40. The fourth-order valence-electron chi connectivity index (χ4n) is 1.93. The van der Waals surface area contributed by atoms with E-state index in [1.165, 1.54) is 11.1 Å². The van der Waals surface area contributed by atoms with Crippen LogP contribution in [0.1, 0.15) is 36.7 Å². The topological polar surface area (TPSA) is 29.9 Å². The van der Waals surface area contributed by atoms with E-state index in [0.717, 1.165) is 18.2 Å². The molecule has 0 bridgehead atoms. The largest absolute Gasteiger partial charge is 0.352 e. The number of imidazole rings is 1. The lowest BCUT2D eigenvalue weighted by molar-refractivity contribution is 0.604. The molecule has 3 heteroatoms. The highest BCUT2D eigenvalue weighted by atomic mass is 15.2. The predicted octanol–water partition coefficient (Wildman–Crippen LogP) is 3.69. The molecule has 0 aliphatic heterocycles. The minimum atomic E-state index is 0.423. The molecule has 2 aromatic rings. The molecule has 1 heterocycles. The Balaban J connectivity index is 2.08. The lowest BCUT2D eigenvalue weighted by Gasteiger charge is -2.12. The maximum atomic E-state index is 4.52. The Morgan fingerprint density at radius 1 is 1.17 bits per heavy atom. The second-order valence-corrected chi connectivity index (χ2v) is 5.05. The monoisotopic (exact) mass is 243 g/mol. The van der Waals surface area contributed by atoms with Gasteiger partial charge in [-0.05, 0) is 33.3 Å². The van der Waals surface area contributed by atoms with Crippen molar-refractivity contribution in [1.82, 2.24) is 9.55 Å². The third-order valence-electron chi connectivity index (χ3n) is 2.98. The van der Waals surface area contributed by atoms with Crippen LogP contribution in [0.4, 0.5) is 5.95 Å². The Bertz CT molecular complexity index is 509. The molecular formula is C15H21N3. The van der Waals surface area contributed by atoms with Crippen molar-refractivity contribution < 1.29 is 0 Å². The number of anilines is 1. The second kappa shape index (κ2) is 5.25. The Kier molecular flexibility index (Phi) is 3.70. The van der Waals surface area contributed by atoms with Crippen molar-refractivity contribution in [3.05, 3.63) is 47.3 Å². The van der Waals surface area contributed by atoms with Crippen molar-refractivity contribution in [3.8, 4) is 0 Å². The number of nitrogens with zero attached hydrogens (tertiary/aromatic N) is 2. The molecule has 0 saturated heterocycles. The Morgan fingerprint density at radius 2 is 1.83 bits per heavy atom. The van der Waals surface area contributed by atoms with E-state index in [2.05, 4.69) is 66.1 Å². The number of hydrogen-bond donors (Lipinski definition) is 1. The maximum Gasteiger partial charge on any atom is 0.203 e. The van der Waals surface area contributed by atoms with Crippen LogP contribution in [0.2, 0.25) is 0 Å². The van der Waals surface area contributed by atoms with Crippen LogP contribution < -0.4 is 5.32 Å². The minimum Gasteiger partial charge on any atom is -0.352 e. The first-order valence-electron chi connectivity index (χ1n) is 6.41. The van der Waals surface area contributed by atoms with Crippen molar-refractivity contribution in [1.29, 1.82) is 0 Å². The molecule has 18 heavy (non-hydrogen) atoms. The quantitative estimate of drug-likeness (QED) is 0.887. The van der Waals surface area contributed by atoms with E-state index in [1.807, 2.05) is 6.92 Å². The first kappa shape index (κ1) is 12.7. The summed E-state index contributed by atoms with van der Waals surface area (Å²) in [5.74, 6) is 0.947. The summed E-state index contributed by atoms with van der Waals surface area (Å²) in [7, 11) is 0. The van der Waals surface area contributed by atoms with E-state index in [-0.39, 0.29) is 0 Å². The Morgan fingerprint density at radius 3 is 2.44 bits per heavy atom. The van der Waals surface area contributed by atoms with Crippen LogP contribution in [-0.4, -0.2) is 9.55 Å². The molecule has 1 N–H and O–H groups in total.